The molecule has 13 heteroatoms. The maximum absolute atomic E-state index is 14.5. The highest BCUT2D eigenvalue weighted by Gasteiger charge is 2.40. The fraction of sp³-hybridized carbons (Fsp3) is 0.500. The van der Waals surface area contributed by atoms with Gasteiger partial charge in [0, 0.05) is 55.4 Å². The van der Waals surface area contributed by atoms with Crippen molar-refractivity contribution < 1.29 is 41.0 Å². The van der Waals surface area contributed by atoms with Crippen molar-refractivity contribution in [3.63, 3.8) is 0 Å². The number of hydrogen-bond donors (Lipinski definition) is 2. The maximum Gasteiger partial charge on any atom is 0.405 e. The molecule has 1 atom stereocenters. The summed E-state index contributed by atoms with van der Waals surface area (Å²) in [5.41, 5.74) is 5.36. The number of amides is 2. The standard InChI is InChI=1S/C26H29F5N4O4/c1-14-20(15-9-16(27)11-18(10-15)38-23(28)29)21(35-8-7-25(2,13-35)39-24(32)37)19(12-33-14)22(36)34-17-3-5-26(30,31)6-4-17/h9-12,17,23H,3-8,13H2,1-2H3,(H2,32,37)(H,34,36)/t25-/m0/s1. The number of nitrogens with one attached hydrogen (secondary N) is 1. The van der Waals surface area contributed by atoms with Crippen molar-refractivity contribution in [2.45, 2.75) is 70.1 Å². The van der Waals surface area contributed by atoms with Gasteiger partial charge in [-0.2, -0.15) is 8.78 Å². The molecular weight excluding hydrogens is 527 g/mol. The summed E-state index contributed by atoms with van der Waals surface area (Å²) in [6.07, 6.45) is 0.163. The van der Waals surface area contributed by atoms with E-state index < -0.39 is 47.7 Å². The van der Waals surface area contributed by atoms with Crippen molar-refractivity contribution >= 4 is 17.7 Å². The third-order valence-electron chi connectivity index (χ3n) is 7.02. The van der Waals surface area contributed by atoms with Crippen molar-refractivity contribution in [2.24, 2.45) is 5.73 Å². The van der Waals surface area contributed by atoms with Crippen LogP contribution in [-0.2, 0) is 4.74 Å². The summed E-state index contributed by atoms with van der Waals surface area (Å²) in [6, 6.07) is 2.63. The third kappa shape index (κ3) is 6.69. The molecule has 3 N–H and O–H groups in total. The molecule has 1 saturated heterocycles. The number of nitrogens with zero attached hydrogens (tertiary/aromatic N) is 2. The zero-order valence-electron chi connectivity index (χ0n) is 21.4. The Hall–Kier alpha value is -3.64. The topological polar surface area (TPSA) is 107 Å². The Bertz CT molecular complexity index is 1250. The zero-order chi connectivity index (χ0) is 28.5. The first-order chi connectivity index (χ1) is 18.2. The van der Waals surface area contributed by atoms with Gasteiger partial charge in [0.05, 0.1) is 17.8 Å². The van der Waals surface area contributed by atoms with E-state index in [1.54, 1.807) is 18.7 Å². The van der Waals surface area contributed by atoms with E-state index in [0.717, 1.165) is 12.1 Å². The molecule has 0 bridgehead atoms. The monoisotopic (exact) mass is 556 g/mol. The van der Waals surface area contributed by atoms with Crippen LogP contribution in [0.4, 0.5) is 32.4 Å². The molecule has 2 aromatic rings. The summed E-state index contributed by atoms with van der Waals surface area (Å²) in [5, 5.41) is 2.79. The van der Waals surface area contributed by atoms with E-state index >= 15 is 0 Å². The van der Waals surface area contributed by atoms with E-state index in [1.807, 2.05) is 0 Å². The normalized spacial score (nSPS) is 21.2. The Morgan fingerprint density at radius 3 is 2.51 bits per heavy atom. The number of ether oxygens (including phenoxy) is 2. The number of carbonyl (C=O) groups excluding carboxylic acids is 2. The first kappa shape index (κ1) is 28.4. The number of carbonyl (C=O) groups is 2. The minimum absolute atomic E-state index is 0.0665. The van der Waals surface area contributed by atoms with Crippen LogP contribution >= 0.6 is 0 Å². The molecule has 1 aliphatic heterocycles. The van der Waals surface area contributed by atoms with Gasteiger partial charge in [0.25, 0.3) is 5.91 Å². The molecule has 2 aliphatic rings. The van der Waals surface area contributed by atoms with Crippen LogP contribution in [0.3, 0.4) is 0 Å². The van der Waals surface area contributed by atoms with Crippen molar-refractivity contribution in [3.05, 3.63) is 41.5 Å². The van der Waals surface area contributed by atoms with Gasteiger partial charge in [-0.1, -0.05) is 0 Å². The number of pyridine rings is 1. The fourth-order valence-electron chi connectivity index (χ4n) is 5.21. The van der Waals surface area contributed by atoms with Gasteiger partial charge in [-0.05, 0) is 44.4 Å². The van der Waals surface area contributed by atoms with Crippen LogP contribution in [0.5, 0.6) is 5.75 Å². The van der Waals surface area contributed by atoms with Crippen LogP contribution in [0, 0.1) is 12.7 Å². The molecule has 1 aromatic heterocycles. The number of hydrogen-bond acceptors (Lipinski definition) is 6. The Morgan fingerprint density at radius 2 is 1.87 bits per heavy atom. The lowest BCUT2D eigenvalue weighted by molar-refractivity contribution is -0.0500. The second-order valence-electron chi connectivity index (χ2n) is 10.2. The first-order valence-electron chi connectivity index (χ1n) is 12.4. The molecule has 39 heavy (non-hydrogen) atoms. The molecule has 0 spiro atoms. The van der Waals surface area contributed by atoms with Crippen LogP contribution in [0.25, 0.3) is 11.1 Å². The molecule has 2 amide bonds. The fourth-order valence-corrected chi connectivity index (χ4v) is 5.21. The Morgan fingerprint density at radius 1 is 1.18 bits per heavy atom. The zero-order valence-corrected chi connectivity index (χ0v) is 21.4. The highest BCUT2D eigenvalue weighted by molar-refractivity contribution is 6.04. The smallest absolute Gasteiger partial charge is 0.405 e. The summed E-state index contributed by atoms with van der Waals surface area (Å²) in [7, 11) is 0. The van der Waals surface area contributed by atoms with Gasteiger partial charge in [-0.15, -0.1) is 0 Å². The molecule has 1 aromatic carbocycles. The minimum atomic E-state index is -3.19. The van der Waals surface area contributed by atoms with E-state index in [9.17, 15) is 31.5 Å². The molecule has 4 rings (SSSR count). The van der Waals surface area contributed by atoms with Gasteiger partial charge in [-0.25, -0.2) is 18.0 Å². The highest BCUT2D eigenvalue weighted by atomic mass is 19.3. The largest absolute Gasteiger partial charge is 0.441 e. The van der Waals surface area contributed by atoms with Crippen LogP contribution in [0.2, 0.25) is 0 Å². The number of aromatic nitrogens is 1. The number of nitrogens with two attached hydrogens (primary N) is 1. The van der Waals surface area contributed by atoms with E-state index in [2.05, 4.69) is 15.0 Å². The van der Waals surface area contributed by atoms with E-state index in [1.165, 1.54) is 12.3 Å². The maximum atomic E-state index is 14.5. The van der Waals surface area contributed by atoms with Crippen LogP contribution in [0.15, 0.2) is 24.4 Å². The molecule has 0 unspecified atom stereocenters. The van der Waals surface area contributed by atoms with Crippen LogP contribution < -0.4 is 20.7 Å². The number of halogens is 5. The molecule has 0 radical (unpaired) electrons. The number of alkyl halides is 4. The van der Waals surface area contributed by atoms with Crippen molar-refractivity contribution in [2.75, 3.05) is 18.0 Å². The van der Waals surface area contributed by atoms with Crippen molar-refractivity contribution in [1.82, 2.24) is 10.3 Å². The Balaban J connectivity index is 1.78. The lowest BCUT2D eigenvalue weighted by Gasteiger charge is -2.31. The Kier molecular flexibility index (Phi) is 7.89. The number of anilines is 1. The summed E-state index contributed by atoms with van der Waals surface area (Å²) >= 11 is 0. The molecule has 2 heterocycles. The third-order valence-corrected chi connectivity index (χ3v) is 7.02. The Labute approximate surface area is 221 Å². The number of benzene rings is 1. The highest BCUT2D eigenvalue weighted by Crippen LogP contribution is 2.41. The second-order valence-corrected chi connectivity index (χ2v) is 10.2. The molecule has 1 aliphatic carbocycles. The SMILES string of the molecule is Cc1ncc(C(=O)NC2CCC(F)(F)CC2)c(N2CC[C@](C)(OC(N)=O)C2)c1-c1cc(F)cc(OC(F)F)c1. The lowest BCUT2D eigenvalue weighted by Crippen LogP contribution is -2.41. The lowest BCUT2D eigenvalue weighted by atomic mass is 9.92. The number of aryl methyl sites for hydroxylation is 1. The van der Waals surface area contributed by atoms with Gasteiger partial charge < -0.3 is 25.4 Å². The summed E-state index contributed by atoms with van der Waals surface area (Å²) < 4.78 is 77.3. The number of rotatable bonds is 7. The average molecular weight is 557 g/mol. The minimum Gasteiger partial charge on any atom is -0.441 e. The van der Waals surface area contributed by atoms with E-state index in [0.29, 0.717) is 24.3 Å². The molecule has 212 valence electrons. The van der Waals surface area contributed by atoms with E-state index in [4.69, 9.17) is 10.5 Å². The van der Waals surface area contributed by atoms with Gasteiger partial charge in [0.2, 0.25) is 5.92 Å². The predicted octanol–water partition coefficient (Wildman–Crippen LogP) is 5.17. The van der Waals surface area contributed by atoms with Gasteiger partial charge in [-0.3, -0.25) is 9.78 Å². The summed E-state index contributed by atoms with van der Waals surface area (Å²) in [4.78, 5) is 31.0. The molecule has 8 nitrogen and oxygen atoms in total. The molecular formula is C26H29F5N4O4. The molecule has 1 saturated carbocycles. The summed E-state index contributed by atoms with van der Waals surface area (Å²) in [6.45, 7) is 0.495. The average Bonchev–Trinajstić information content (AvgIpc) is 3.19. The van der Waals surface area contributed by atoms with Gasteiger partial charge in [0.15, 0.2) is 0 Å². The van der Waals surface area contributed by atoms with Crippen LogP contribution in [-0.4, -0.2) is 54.3 Å². The predicted molar refractivity (Wildman–Crippen MR) is 132 cm³/mol. The van der Waals surface area contributed by atoms with Gasteiger partial charge >= 0.3 is 12.7 Å². The van der Waals surface area contributed by atoms with Crippen molar-refractivity contribution in [1.29, 1.82) is 0 Å². The van der Waals surface area contributed by atoms with E-state index in [-0.39, 0.29) is 48.9 Å². The molecule has 2 fully saturated rings. The summed E-state index contributed by atoms with van der Waals surface area (Å²) in [5.74, 6) is -4.64. The first-order valence-corrected chi connectivity index (χ1v) is 12.4. The van der Waals surface area contributed by atoms with Crippen molar-refractivity contribution in [3.8, 4) is 16.9 Å². The quantitative estimate of drug-likeness (QED) is 0.456. The second kappa shape index (κ2) is 10.9. The number of primary amides is 1. The van der Waals surface area contributed by atoms with Gasteiger partial charge in [0.1, 0.15) is 17.2 Å². The van der Waals surface area contributed by atoms with Crippen LogP contribution in [0.1, 0.15) is 55.1 Å².